The molecular formula is C21H21F15O2. The normalized spacial score (nSPS) is 16.4. The molecule has 38 heavy (non-hydrogen) atoms. The van der Waals surface area contributed by atoms with Crippen molar-refractivity contribution in [2.75, 3.05) is 13.7 Å². The van der Waals surface area contributed by atoms with E-state index in [1.807, 2.05) is 6.92 Å². The van der Waals surface area contributed by atoms with Crippen molar-refractivity contribution >= 4 is 0 Å². The number of alkyl halides is 15. The molecule has 0 amide bonds. The number of hydrogen-bond donors (Lipinski definition) is 0. The fourth-order valence-corrected chi connectivity index (χ4v) is 3.06. The van der Waals surface area contributed by atoms with Crippen molar-refractivity contribution in [3.63, 3.8) is 0 Å². The molecule has 0 bridgehead atoms. The SMILES string of the molecule is CCCCOc1ccc(C(C)(CC(F)(F)C(F)(F)C(F)(F)C(F)(F)C(F)(F)C(F)(F)C(F)(F)F)OC)cc1. The third-order valence-corrected chi connectivity index (χ3v) is 5.63. The molecule has 2 nitrogen and oxygen atoms in total. The summed E-state index contributed by atoms with van der Waals surface area (Å²) in [5.41, 5.74) is -3.18. The van der Waals surface area contributed by atoms with Gasteiger partial charge in [0.2, 0.25) is 0 Å². The van der Waals surface area contributed by atoms with Gasteiger partial charge in [-0.3, -0.25) is 0 Å². The summed E-state index contributed by atoms with van der Waals surface area (Å²) >= 11 is 0. The van der Waals surface area contributed by atoms with E-state index in [0.29, 0.717) is 20.5 Å². The smallest absolute Gasteiger partial charge is 0.460 e. The number of benzene rings is 1. The standard InChI is InChI=1S/C21H21F15O2/c1-4-5-10-38-13-8-6-12(7-9-13)14(2,37-3)11-15(22,23)16(24,25)17(26,27)18(28,29)19(30,31)20(32,33)21(34,35)36/h6-9H,4-5,10-11H2,1-3H3. The predicted molar refractivity (Wildman–Crippen MR) is 102 cm³/mol. The maximum absolute atomic E-state index is 14.5. The highest BCUT2D eigenvalue weighted by atomic mass is 19.4. The molecule has 1 unspecified atom stereocenters. The Bertz CT molecular complexity index is 926. The lowest BCUT2D eigenvalue weighted by molar-refractivity contribution is -0.453. The molecule has 0 radical (unpaired) electrons. The van der Waals surface area contributed by atoms with Gasteiger partial charge in [-0.1, -0.05) is 25.5 Å². The van der Waals surface area contributed by atoms with Gasteiger partial charge in [0, 0.05) is 7.11 Å². The lowest BCUT2D eigenvalue weighted by Gasteiger charge is -2.43. The number of halogens is 15. The van der Waals surface area contributed by atoms with Crippen LogP contribution in [0.25, 0.3) is 0 Å². The first-order valence-corrected chi connectivity index (χ1v) is 10.4. The van der Waals surface area contributed by atoms with Crippen molar-refractivity contribution in [3.05, 3.63) is 29.8 Å². The minimum atomic E-state index is -8.33. The van der Waals surface area contributed by atoms with Crippen molar-refractivity contribution in [2.24, 2.45) is 0 Å². The molecule has 0 aliphatic heterocycles. The summed E-state index contributed by atoms with van der Waals surface area (Å²) < 4.78 is 212. The Morgan fingerprint density at radius 1 is 0.632 bits per heavy atom. The monoisotopic (exact) mass is 590 g/mol. The molecule has 0 heterocycles. The van der Waals surface area contributed by atoms with E-state index in [0.717, 1.165) is 30.7 Å². The topological polar surface area (TPSA) is 18.5 Å². The van der Waals surface area contributed by atoms with Gasteiger partial charge in [0.15, 0.2) is 0 Å². The maximum atomic E-state index is 14.5. The van der Waals surface area contributed by atoms with Gasteiger partial charge in [-0.25, -0.2) is 0 Å². The molecule has 0 fully saturated rings. The minimum absolute atomic E-state index is 0.136. The Kier molecular flexibility index (Phi) is 9.37. The number of hydrogen-bond acceptors (Lipinski definition) is 2. The average molecular weight is 590 g/mol. The van der Waals surface area contributed by atoms with Crippen LogP contribution in [0.3, 0.4) is 0 Å². The summed E-state index contributed by atoms with van der Waals surface area (Å²) in [5, 5.41) is 0. The van der Waals surface area contributed by atoms with Crippen molar-refractivity contribution in [2.45, 2.75) is 80.4 Å². The van der Waals surface area contributed by atoms with Crippen molar-refractivity contribution in [3.8, 4) is 5.75 Å². The molecule has 0 saturated heterocycles. The van der Waals surface area contributed by atoms with Crippen LogP contribution in [0.2, 0.25) is 0 Å². The molecule has 0 spiro atoms. The van der Waals surface area contributed by atoms with Crippen molar-refractivity contribution < 1.29 is 75.3 Å². The van der Waals surface area contributed by atoms with E-state index < -0.39 is 59.3 Å². The highest BCUT2D eigenvalue weighted by Gasteiger charge is 2.93. The highest BCUT2D eigenvalue weighted by Crippen LogP contribution is 2.63. The zero-order chi connectivity index (χ0) is 30.2. The van der Waals surface area contributed by atoms with Gasteiger partial charge in [-0.05, 0) is 31.0 Å². The number of unbranched alkanes of at least 4 members (excludes halogenated alkanes) is 1. The molecule has 0 aliphatic carbocycles. The van der Waals surface area contributed by atoms with Crippen molar-refractivity contribution in [1.29, 1.82) is 0 Å². The molecule has 1 rings (SSSR count). The zero-order valence-electron chi connectivity index (χ0n) is 19.6. The van der Waals surface area contributed by atoms with Crippen LogP contribution in [0.5, 0.6) is 5.75 Å². The Hall–Kier alpha value is -2.07. The Morgan fingerprint density at radius 2 is 1.05 bits per heavy atom. The van der Waals surface area contributed by atoms with Crippen molar-refractivity contribution in [1.82, 2.24) is 0 Å². The zero-order valence-corrected chi connectivity index (χ0v) is 19.6. The van der Waals surface area contributed by atoms with Gasteiger partial charge in [-0.15, -0.1) is 0 Å². The molecular weight excluding hydrogens is 569 g/mol. The molecule has 0 N–H and O–H groups in total. The molecule has 1 aromatic rings. The summed E-state index contributed by atoms with van der Waals surface area (Å²) in [6, 6.07) is 4.09. The fourth-order valence-electron chi connectivity index (χ4n) is 3.06. The molecule has 0 aliphatic rings. The Morgan fingerprint density at radius 3 is 1.45 bits per heavy atom. The second-order valence-electron chi connectivity index (χ2n) is 8.41. The lowest BCUT2D eigenvalue weighted by atomic mass is 9.83. The second kappa shape index (κ2) is 10.5. The Labute approximate surface area is 206 Å². The number of rotatable bonds is 13. The quantitative estimate of drug-likeness (QED) is 0.170. The lowest BCUT2D eigenvalue weighted by Crippen LogP contribution is -2.72. The van der Waals surface area contributed by atoms with Crippen LogP contribution < -0.4 is 4.74 Å². The summed E-state index contributed by atoms with van der Waals surface area (Å²) in [5.74, 6) is -46.7. The van der Waals surface area contributed by atoms with E-state index in [-0.39, 0.29) is 12.4 Å². The molecule has 0 saturated carbocycles. The number of ether oxygens (including phenoxy) is 2. The summed E-state index contributed by atoms with van der Waals surface area (Å²) in [6.07, 6.45) is -8.94. The highest BCUT2D eigenvalue weighted by molar-refractivity contribution is 5.31. The van der Waals surface area contributed by atoms with E-state index in [1.165, 1.54) is 0 Å². The van der Waals surface area contributed by atoms with Crippen LogP contribution in [-0.2, 0) is 10.3 Å². The van der Waals surface area contributed by atoms with Crippen LogP contribution in [-0.4, -0.2) is 55.4 Å². The van der Waals surface area contributed by atoms with E-state index in [9.17, 15) is 65.9 Å². The predicted octanol–water partition coefficient (Wildman–Crippen LogP) is 8.49. The van der Waals surface area contributed by atoms with Gasteiger partial charge < -0.3 is 9.47 Å². The van der Waals surface area contributed by atoms with Crippen LogP contribution in [0, 0.1) is 0 Å². The average Bonchev–Trinajstić information content (AvgIpc) is 2.77. The van der Waals surface area contributed by atoms with E-state index in [2.05, 4.69) is 4.74 Å². The second-order valence-corrected chi connectivity index (χ2v) is 8.41. The molecule has 222 valence electrons. The van der Waals surface area contributed by atoms with Gasteiger partial charge in [-0.2, -0.15) is 65.9 Å². The maximum Gasteiger partial charge on any atom is 0.460 e. The first-order valence-electron chi connectivity index (χ1n) is 10.4. The Balaban J connectivity index is 3.46. The van der Waals surface area contributed by atoms with Gasteiger partial charge >= 0.3 is 41.7 Å². The molecule has 1 atom stereocenters. The summed E-state index contributed by atoms with van der Waals surface area (Å²) in [6.45, 7) is 2.63. The van der Waals surface area contributed by atoms with Crippen LogP contribution in [0.15, 0.2) is 24.3 Å². The van der Waals surface area contributed by atoms with E-state index >= 15 is 0 Å². The minimum Gasteiger partial charge on any atom is -0.494 e. The first kappa shape index (κ1) is 34.0. The molecule has 0 aromatic heterocycles. The van der Waals surface area contributed by atoms with Gasteiger partial charge in [0.05, 0.1) is 18.6 Å². The number of methoxy groups -OCH3 is 1. The van der Waals surface area contributed by atoms with Crippen LogP contribution in [0.4, 0.5) is 65.9 Å². The van der Waals surface area contributed by atoms with Gasteiger partial charge in [0.25, 0.3) is 0 Å². The van der Waals surface area contributed by atoms with Gasteiger partial charge in [0.1, 0.15) is 5.75 Å². The van der Waals surface area contributed by atoms with Crippen LogP contribution >= 0.6 is 0 Å². The molecule has 17 heteroatoms. The largest absolute Gasteiger partial charge is 0.494 e. The van der Waals surface area contributed by atoms with Crippen LogP contribution in [0.1, 0.15) is 38.7 Å². The third kappa shape index (κ3) is 5.48. The third-order valence-electron chi connectivity index (χ3n) is 5.63. The van der Waals surface area contributed by atoms with E-state index in [1.54, 1.807) is 0 Å². The summed E-state index contributed by atoms with van der Waals surface area (Å²) in [4.78, 5) is 0. The molecule has 1 aromatic carbocycles. The first-order chi connectivity index (χ1) is 16.8. The summed E-state index contributed by atoms with van der Waals surface area (Å²) in [7, 11) is 0.602. The fraction of sp³-hybridized carbons (Fsp3) is 0.714. The van der Waals surface area contributed by atoms with E-state index in [4.69, 9.17) is 4.74 Å².